The third-order valence-corrected chi connectivity index (χ3v) is 6.74. The van der Waals surface area contributed by atoms with Crippen LogP contribution >= 0.6 is 11.8 Å². The molecule has 0 fully saturated rings. The van der Waals surface area contributed by atoms with Gasteiger partial charge in [-0.3, -0.25) is 5.32 Å². The molecule has 0 aromatic heterocycles. The molecule has 3 atom stereocenters. The fourth-order valence-corrected chi connectivity index (χ4v) is 5.15. The van der Waals surface area contributed by atoms with Crippen LogP contribution in [-0.2, 0) is 0 Å². The fourth-order valence-electron chi connectivity index (χ4n) is 3.71. The minimum Gasteiger partial charge on any atom is -0.497 e. The lowest BCUT2D eigenvalue weighted by atomic mass is 9.85. The van der Waals surface area contributed by atoms with E-state index in [0.29, 0.717) is 0 Å². The van der Waals surface area contributed by atoms with Crippen molar-refractivity contribution in [2.75, 3.05) is 12.9 Å². The predicted octanol–water partition coefficient (Wildman–Crippen LogP) is 4.79. The number of aliphatic hydroxyl groups is 1. The monoisotopic (exact) mass is 371 g/mol. The minimum atomic E-state index is -0.368. The molecule has 1 aliphatic heterocycles. The average Bonchev–Trinajstić information content (AvgIpc) is 2.86. The van der Waals surface area contributed by atoms with Crippen molar-refractivity contribution in [3.05, 3.63) is 59.7 Å². The Hall–Kier alpha value is -1.49. The summed E-state index contributed by atoms with van der Waals surface area (Å²) in [6.45, 7) is 4.30. The summed E-state index contributed by atoms with van der Waals surface area (Å²) < 4.78 is 5.44. The van der Waals surface area contributed by atoms with Gasteiger partial charge in [-0.05, 0) is 36.1 Å². The van der Waals surface area contributed by atoms with Crippen molar-refractivity contribution in [2.24, 2.45) is 0 Å². The van der Waals surface area contributed by atoms with Crippen molar-refractivity contribution in [3.63, 3.8) is 0 Å². The largest absolute Gasteiger partial charge is 0.497 e. The lowest BCUT2D eigenvalue weighted by Crippen LogP contribution is -2.56. The van der Waals surface area contributed by atoms with Gasteiger partial charge in [0.2, 0.25) is 0 Å². The number of hydrogen-bond donors (Lipinski definition) is 2. The van der Waals surface area contributed by atoms with E-state index in [1.54, 1.807) is 7.11 Å². The lowest BCUT2D eigenvalue weighted by molar-refractivity contribution is 0.0574. The maximum Gasteiger partial charge on any atom is 0.119 e. The molecule has 0 radical (unpaired) electrons. The Kier molecular flexibility index (Phi) is 6.28. The molecular weight excluding hydrogens is 342 g/mol. The second kappa shape index (κ2) is 8.47. The molecule has 0 saturated carbocycles. The third kappa shape index (κ3) is 3.78. The molecule has 3 nitrogen and oxygen atoms in total. The summed E-state index contributed by atoms with van der Waals surface area (Å²) in [5, 5.41) is 14.9. The molecule has 2 N–H and O–H groups in total. The van der Waals surface area contributed by atoms with Gasteiger partial charge in [0.1, 0.15) is 5.75 Å². The van der Waals surface area contributed by atoms with Gasteiger partial charge in [0.05, 0.1) is 24.8 Å². The number of methoxy groups -OCH3 is 1. The third-order valence-electron chi connectivity index (χ3n) is 5.41. The van der Waals surface area contributed by atoms with Gasteiger partial charge in [0, 0.05) is 10.6 Å². The van der Waals surface area contributed by atoms with Crippen LogP contribution in [0.5, 0.6) is 5.75 Å². The number of nitrogens with one attached hydrogen (secondary N) is 1. The Morgan fingerprint density at radius 1 is 1.23 bits per heavy atom. The van der Waals surface area contributed by atoms with Gasteiger partial charge in [0.25, 0.3) is 0 Å². The smallest absolute Gasteiger partial charge is 0.119 e. The zero-order valence-electron chi connectivity index (χ0n) is 15.9. The van der Waals surface area contributed by atoms with Gasteiger partial charge in [0.15, 0.2) is 0 Å². The minimum absolute atomic E-state index is 0.0542. The van der Waals surface area contributed by atoms with E-state index in [4.69, 9.17) is 4.74 Å². The number of ether oxygens (including phenoxy) is 1. The standard InChI is InChI=1S/C22H29NO2S/c1-4-9-20(24)22(5-2)15-26-19-14-17(25-3)12-13-18(19)21(23-22)16-10-7-6-8-11-16/h6-8,10-14,20-21,23-24H,4-5,9,15H2,1-3H3. The summed E-state index contributed by atoms with van der Waals surface area (Å²) in [4.78, 5) is 1.23. The highest BCUT2D eigenvalue weighted by Crippen LogP contribution is 2.42. The summed E-state index contributed by atoms with van der Waals surface area (Å²) in [7, 11) is 1.71. The van der Waals surface area contributed by atoms with Gasteiger partial charge >= 0.3 is 0 Å². The lowest BCUT2D eigenvalue weighted by Gasteiger charge is -2.40. The molecule has 2 aromatic carbocycles. The molecule has 2 aromatic rings. The molecule has 0 aliphatic carbocycles. The van der Waals surface area contributed by atoms with Crippen LogP contribution in [0.25, 0.3) is 0 Å². The van der Waals surface area contributed by atoms with E-state index >= 15 is 0 Å². The van der Waals surface area contributed by atoms with E-state index in [0.717, 1.165) is 30.8 Å². The second-order valence-corrected chi connectivity index (χ2v) is 8.01. The molecule has 0 amide bonds. The first-order valence-electron chi connectivity index (χ1n) is 9.45. The van der Waals surface area contributed by atoms with Crippen LogP contribution in [-0.4, -0.2) is 29.6 Å². The van der Waals surface area contributed by atoms with Crippen molar-refractivity contribution >= 4 is 11.8 Å². The van der Waals surface area contributed by atoms with Crippen LogP contribution in [0.2, 0.25) is 0 Å². The molecule has 0 saturated heterocycles. The highest BCUT2D eigenvalue weighted by atomic mass is 32.2. The second-order valence-electron chi connectivity index (χ2n) is 6.99. The first-order chi connectivity index (χ1) is 12.6. The van der Waals surface area contributed by atoms with Crippen LogP contribution in [0.1, 0.15) is 50.3 Å². The number of aliphatic hydroxyl groups excluding tert-OH is 1. The van der Waals surface area contributed by atoms with Crippen LogP contribution in [0.3, 0.4) is 0 Å². The van der Waals surface area contributed by atoms with Crippen LogP contribution in [0, 0.1) is 0 Å². The maximum absolute atomic E-state index is 11.0. The molecule has 1 aliphatic rings. The molecule has 3 unspecified atom stereocenters. The fraction of sp³-hybridized carbons (Fsp3) is 0.455. The van der Waals surface area contributed by atoms with Gasteiger partial charge < -0.3 is 9.84 Å². The van der Waals surface area contributed by atoms with Crippen molar-refractivity contribution in [2.45, 2.75) is 55.7 Å². The molecule has 3 rings (SSSR count). The van der Waals surface area contributed by atoms with E-state index in [-0.39, 0.29) is 17.7 Å². The topological polar surface area (TPSA) is 41.5 Å². The normalized spacial score (nSPS) is 23.8. The van der Waals surface area contributed by atoms with E-state index < -0.39 is 0 Å². The number of thioether (sulfide) groups is 1. The molecular formula is C22H29NO2S. The van der Waals surface area contributed by atoms with Crippen molar-refractivity contribution < 1.29 is 9.84 Å². The SMILES string of the molecule is CCCC(O)C1(CC)CSc2cc(OC)ccc2C(c2ccccc2)N1. The highest BCUT2D eigenvalue weighted by molar-refractivity contribution is 7.99. The van der Waals surface area contributed by atoms with Crippen LogP contribution in [0.15, 0.2) is 53.4 Å². The Labute approximate surface area is 161 Å². The summed E-state index contributed by atoms with van der Waals surface area (Å²) in [6.07, 6.45) is 2.30. The first kappa shape index (κ1) is 19.3. The van der Waals surface area contributed by atoms with Crippen LogP contribution in [0.4, 0.5) is 0 Å². The molecule has 26 heavy (non-hydrogen) atoms. The quantitative estimate of drug-likeness (QED) is 0.766. The predicted molar refractivity (Wildman–Crippen MR) is 109 cm³/mol. The molecule has 1 heterocycles. The van der Waals surface area contributed by atoms with E-state index in [9.17, 15) is 5.11 Å². The van der Waals surface area contributed by atoms with E-state index in [1.165, 1.54) is 16.0 Å². The van der Waals surface area contributed by atoms with Gasteiger partial charge in [-0.2, -0.15) is 0 Å². The Morgan fingerprint density at radius 3 is 2.65 bits per heavy atom. The summed E-state index contributed by atoms with van der Waals surface area (Å²) in [5.41, 5.74) is 2.16. The van der Waals surface area contributed by atoms with Crippen molar-refractivity contribution in [1.29, 1.82) is 0 Å². The Balaban J connectivity index is 2.08. The number of fused-ring (bicyclic) bond motifs is 1. The van der Waals surface area contributed by atoms with Crippen molar-refractivity contribution in [3.8, 4) is 5.75 Å². The number of rotatable bonds is 6. The Bertz CT molecular complexity index is 721. The molecule has 4 heteroatoms. The Morgan fingerprint density at radius 2 is 2.00 bits per heavy atom. The summed E-state index contributed by atoms with van der Waals surface area (Å²) >= 11 is 1.82. The van der Waals surface area contributed by atoms with Gasteiger partial charge in [-0.15, -0.1) is 11.8 Å². The summed E-state index contributed by atoms with van der Waals surface area (Å²) in [5.74, 6) is 1.72. The van der Waals surface area contributed by atoms with E-state index in [2.05, 4.69) is 55.6 Å². The average molecular weight is 372 g/mol. The first-order valence-corrected chi connectivity index (χ1v) is 10.4. The zero-order chi connectivity index (χ0) is 18.6. The molecule has 0 spiro atoms. The van der Waals surface area contributed by atoms with Crippen molar-refractivity contribution in [1.82, 2.24) is 5.32 Å². The van der Waals surface area contributed by atoms with Gasteiger partial charge in [-0.1, -0.05) is 56.7 Å². The number of hydrogen-bond acceptors (Lipinski definition) is 4. The van der Waals surface area contributed by atoms with Gasteiger partial charge in [-0.25, -0.2) is 0 Å². The van der Waals surface area contributed by atoms with E-state index in [1.807, 2.05) is 23.9 Å². The maximum atomic E-state index is 11.0. The summed E-state index contributed by atoms with van der Waals surface area (Å²) in [6, 6.07) is 16.9. The highest BCUT2D eigenvalue weighted by Gasteiger charge is 2.41. The number of benzene rings is 2. The molecule has 140 valence electrons. The zero-order valence-corrected chi connectivity index (χ0v) is 16.7. The molecule has 0 bridgehead atoms. The van der Waals surface area contributed by atoms with Crippen LogP contribution < -0.4 is 10.1 Å².